The van der Waals surface area contributed by atoms with Gasteiger partial charge < -0.3 is 24.6 Å². The second kappa shape index (κ2) is 13.7. The maximum atomic E-state index is 10.6. The van der Waals surface area contributed by atoms with Gasteiger partial charge in [-0.3, -0.25) is 0 Å². The highest BCUT2D eigenvalue weighted by molar-refractivity contribution is 5.39. The first kappa shape index (κ1) is 12.2. The summed E-state index contributed by atoms with van der Waals surface area (Å²) in [7, 11) is 0. The van der Waals surface area contributed by atoms with Crippen molar-refractivity contribution in [2.24, 2.45) is 0 Å². The van der Waals surface area contributed by atoms with E-state index in [9.17, 15) is 5.11 Å². The highest BCUT2D eigenvalue weighted by Gasteiger charge is 2.27. The number of hydrogen-bond donors (Lipinski definition) is 2. The fraction of sp³-hybridized carbons (Fsp3) is 0.571. The molecule has 0 amide bonds. The maximum absolute atomic E-state index is 10.6. The van der Waals surface area contributed by atoms with Gasteiger partial charge in [0.15, 0.2) is 0 Å². The molecule has 1 atom stereocenters. The number of ether oxygens (including phenoxy) is 3. The van der Waals surface area contributed by atoms with E-state index >= 15 is 0 Å². The summed E-state index contributed by atoms with van der Waals surface area (Å²) >= 11 is 0. The Balaban J connectivity index is 1.57. The molecule has 1 aliphatic rings. The molecule has 0 radical (unpaired) electrons. The second-order valence-corrected chi connectivity index (χ2v) is 7.78. The molecule has 0 spiro atoms. The molecule has 0 bridgehead atoms. The van der Waals surface area contributed by atoms with Crippen molar-refractivity contribution in [3.8, 4) is 5.75 Å². The summed E-state index contributed by atoms with van der Waals surface area (Å²) in [6.07, 6.45) is -12.9. The van der Waals surface area contributed by atoms with Crippen LogP contribution < -0.4 is 10.1 Å². The van der Waals surface area contributed by atoms with E-state index < -0.39 is 74.7 Å². The monoisotopic (exact) mass is 470 g/mol. The molecule has 0 saturated heterocycles. The van der Waals surface area contributed by atoms with Crippen LogP contribution in [-0.2, 0) is 22.5 Å². The first-order valence-electron chi connectivity index (χ1n) is 18.3. The molecule has 2 aromatic rings. The first-order valence-corrected chi connectivity index (χ1v) is 10.8. The molecule has 1 aliphatic heterocycles. The number of unbranched alkanes of at least 4 members (excludes halogenated alkanes) is 1. The van der Waals surface area contributed by atoms with Gasteiger partial charge in [0.1, 0.15) is 5.75 Å². The number of aliphatic hydroxyl groups is 1. The van der Waals surface area contributed by atoms with Gasteiger partial charge in [-0.25, -0.2) is 0 Å². The van der Waals surface area contributed by atoms with Gasteiger partial charge in [-0.05, 0) is 61.7 Å². The van der Waals surface area contributed by atoms with Crippen molar-refractivity contribution in [1.82, 2.24) is 5.32 Å². The second-order valence-electron chi connectivity index (χ2n) is 7.78. The molecule has 2 aromatic carbocycles. The van der Waals surface area contributed by atoms with E-state index in [1.807, 2.05) is 0 Å². The molecule has 0 fully saturated rings. The van der Waals surface area contributed by atoms with Crippen LogP contribution in [0.3, 0.4) is 0 Å². The Morgan fingerprint density at radius 1 is 1.15 bits per heavy atom. The average Bonchev–Trinajstić information content (AvgIpc) is 2.92. The predicted molar refractivity (Wildman–Crippen MR) is 132 cm³/mol. The molecule has 0 aliphatic carbocycles. The minimum absolute atomic E-state index is 0.0609. The Labute approximate surface area is 220 Å². The summed E-state index contributed by atoms with van der Waals surface area (Å²) in [5.41, 5.74) is 0.353. The van der Waals surface area contributed by atoms with Gasteiger partial charge >= 0.3 is 0 Å². The summed E-state index contributed by atoms with van der Waals surface area (Å²) in [5, 5.41) is 13.3. The van der Waals surface area contributed by atoms with Gasteiger partial charge in [0, 0.05) is 50.0 Å². The molecule has 5 heteroatoms. The van der Waals surface area contributed by atoms with E-state index in [4.69, 9.17) is 34.8 Å². The lowest BCUT2D eigenvalue weighted by Gasteiger charge is -2.33. The lowest BCUT2D eigenvalue weighted by atomic mass is 10.0. The number of rotatable bonds is 15. The molecule has 0 saturated carbocycles. The Kier molecular flexibility index (Phi) is 5.05. The van der Waals surface area contributed by atoms with E-state index in [0.717, 1.165) is 17.7 Å². The number of fused-ring (bicyclic) bond motifs is 1. The molecule has 1 heterocycles. The Morgan fingerprint density at radius 2 is 1.97 bits per heavy atom. The number of hydrogen-bond acceptors (Lipinski definition) is 5. The lowest BCUT2D eigenvalue weighted by molar-refractivity contribution is -0.180. The Bertz CT molecular complexity index is 1430. The SMILES string of the molecule is [2H]c1cc([2H])c(C([2H])([2H])C([2H])([2H])C([2H])([2H])C([2H])([2H])OC([2H])([2H])CCCCC([2H])([2H])NCC(O)c2ccc3c(c2)COC(C)(C)O3)c([2H])c1. The molecule has 182 valence electrons. The summed E-state index contributed by atoms with van der Waals surface area (Å²) < 4.78 is 138. The van der Waals surface area contributed by atoms with Gasteiger partial charge in [0.25, 0.3) is 0 Å². The van der Waals surface area contributed by atoms with Crippen molar-refractivity contribution in [3.05, 3.63) is 65.1 Å². The van der Waals surface area contributed by atoms with E-state index in [2.05, 4.69) is 5.32 Å². The summed E-state index contributed by atoms with van der Waals surface area (Å²) in [4.78, 5) is 0. The lowest BCUT2D eigenvalue weighted by Crippen LogP contribution is -2.35. The largest absolute Gasteiger partial charge is 0.463 e. The van der Waals surface area contributed by atoms with Crippen molar-refractivity contribution >= 4 is 0 Å². The van der Waals surface area contributed by atoms with Crippen molar-refractivity contribution in [2.75, 3.05) is 26.2 Å². The fourth-order valence-electron chi connectivity index (χ4n) is 2.97. The number of aliphatic hydroxyl groups excluding tert-OH is 1. The van der Waals surface area contributed by atoms with Crippen molar-refractivity contribution in [2.45, 2.75) is 77.1 Å². The minimum atomic E-state index is -3.87. The summed E-state index contributed by atoms with van der Waals surface area (Å²) in [6.45, 7) is -4.94. The smallest absolute Gasteiger partial charge is 0.205 e. The molecular weight excluding hydrogens is 414 g/mol. The van der Waals surface area contributed by atoms with Crippen LogP contribution in [0.4, 0.5) is 0 Å². The van der Waals surface area contributed by atoms with Gasteiger partial charge in [-0.15, -0.1) is 0 Å². The van der Waals surface area contributed by atoms with Gasteiger partial charge in [-0.1, -0.05) is 49.2 Å². The molecule has 5 nitrogen and oxygen atoms in total. The van der Waals surface area contributed by atoms with Crippen LogP contribution in [0, 0.1) is 0 Å². The normalized spacial score (nSPS) is 24.9. The molecular formula is C28H41NO4. The average molecular weight is 471 g/mol. The van der Waals surface area contributed by atoms with Crippen LogP contribution in [0.1, 0.15) is 95.6 Å². The van der Waals surface area contributed by atoms with Crippen LogP contribution in [-0.4, -0.2) is 37.1 Å². The number of benzene rings is 2. The zero-order valence-electron chi connectivity index (χ0n) is 33.9. The van der Waals surface area contributed by atoms with Crippen molar-refractivity contribution in [3.63, 3.8) is 0 Å². The molecule has 3 rings (SSSR count). The Hall–Kier alpha value is -1.92. The summed E-state index contributed by atoms with van der Waals surface area (Å²) in [6, 6.07) is 4.91. The molecule has 0 aromatic heterocycles. The third-order valence-corrected chi connectivity index (χ3v) is 4.68. The zero-order chi connectivity index (χ0) is 36.7. The van der Waals surface area contributed by atoms with Crippen molar-refractivity contribution in [1.29, 1.82) is 0 Å². The molecule has 33 heavy (non-hydrogen) atoms. The van der Waals surface area contributed by atoms with Crippen LogP contribution in [0.25, 0.3) is 0 Å². The van der Waals surface area contributed by atoms with Crippen molar-refractivity contribution < 1.29 is 39.9 Å². The van der Waals surface area contributed by atoms with E-state index in [-0.39, 0.29) is 38.5 Å². The Morgan fingerprint density at radius 3 is 2.82 bits per heavy atom. The highest BCUT2D eigenvalue weighted by atomic mass is 16.7. The number of nitrogens with one attached hydrogen (secondary N) is 1. The van der Waals surface area contributed by atoms with Crippen LogP contribution in [0.2, 0.25) is 0 Å². The van der Waals surface area contributed by atoms with Gasteiger partial charge in [-0.2, -0.15) is 0 Å². The van der Waals surface area contributed by atoms with Crippen LogP contribution in [0.15, 0.2) is 48.5 Å². The third-order valence-electron chi connectivity index (χ3n) is 4.68. The quantitative estimate of drug-likeness (QED) is 0.334. The van der Waals surface area contributed by atoms with E-state index in [1.54, 1.807) is 32.0 Å². The topological polar surface area (TPSA) is 60.0 Å². The van der Waals surface area contributed by atoms with Gasteiger partial charge in [0.2, 0.25) is 5.79 Å². The van der Waals surface area contributed by atoms with Crippen LogP contribution in [0.5, 0.6) is 5.75 Å². The standard InChI is InChI=1S/C28H41NO4/c1-28(2)32-22-25-20-24(15-16-27(25)33-28)26(30)21-29-17-9-3-4-10-18-31-19-11-8-14-23-12-6-5-7-13-23/h5-7,12-13,15-16,20,26,29-30H,3-4,8-11,14,17-19,21-22H2,1-2H3/i5D,8D2,11D2,12D,13D,14D2,17D2,18D2,19D2. The minimum Gasteiger partial charge on any atom is -0.463 e. The maximum Gasteiger partial charge on any atom is 0.205 e. The van der Waals surface area contributed by atoms with E-state index in [0.29, 0.717) is 11.3 Å². The van der Waals surface area contributed by atoms with E-state index in [1.165, 1.54) is 0 Å². The zero-order valence-corrected chi connectivity index (χ0v) is 18.9. The molecule has 2 N–H and O–H groups in total. The predicted octanol–water partition coefficient (Wildman–Crippen LogP) is 5.55. The summed E-state index contributed by atoms with van der Waals surface area (Å²) in [5.74, 6) is -0.152. The highest BCUT2D eigenvalue weighted by Crippen LogP contribution is 2.32. The first-order chi connectivity index (χ1) is 21.6. The fourth-order valence-corrected chi connectivity index (χ4v) is 2.97. The van der Waals surface area contributed by atoms with Gasteiger partial charge in [0.05, 0.1) is 22.3 Å². The molecule has 1 unspecified atom stereocenters. The third kappa shape index (κ3) is 9.46. The van der Waals surface area contributed by atoms with Crippen LogP contribution >= 0.6 is 0 Å².